The van der Waals surface area contributed by atoms with E-state index in [2.05, 4.69) is 11.4 Å². The fraction of sp³-hybridized carbons (Fsp3) is 0.222. The molecule has 0 saturated heterocycles. The molecule has 5 nitrogen and oxygen atoms in total. The molecule has 0 aromatic heterocycles. The van der Waals surface area contributed by atoms with E-state index in [0.717, 1.165) is 5.56 Å². The van der Waals surface area contributed by atoms with E-state index in [4.69, 9.17) is 14.7 Å². The Labute approximate surface area is 145 Å². The van der Waals surface area contributed by atoms with Crippen LogP contribution in [0.15, 0.2) is 42.5 Å². The van der Waals surface area contributed by atoms with Crippen LogP contribution < -0.4 is 14.8 Å². The van der Waals surface area contributed by atoms with E-state index in [9.17, 15) is 4.79 Å². The van der Waals surface area contributed by atoms with Gasteiger partial charge in [-0.1, -0.05) is 12.1 Å². The van der Waals surface area contributed by atoms with Crippen LogP contribution in [0.25, 0.3) is 0 Å². The van der Waals surface area contributed by atoms with Gasteiger partial charge in [0, 0.05) is 11.8 Å². The van der Waals surface area contributed by atoms with Crippen molar-refractivity contribution in [3.63, 3.8) is 0 Å². The Morgan fingerprint density at radius 1 is 1.21 bits per heavy atom. The average Bonchev–Trinajstić information content (AvgIpc) is 2.62. The maximum absolute atomic E-state index is 12.1. The third-order valence-electron chi connectivity index (χ3n) is 3.24. The Morgan fingerprint density at radius 3 is 2.75 bits per heavy atom. The van der Waals surface area contributed by atoms with Gasteiger partial charge in [-0.2, -0.15) is 5.26 Å². The van der Waals surface area contributed by atoms with E-state index < -0.39 is 0 Å². The van der Waals surface area contributed by atoms with Gasteiger partial charge in [-0.25, -0.2) is 0 Å². The first-order valence-electron chi connectivity index (χ1n) is 7.25. The molecule has 0 radical (unpaired) electrons. The molecular weight excluding hydrogens is 324 g/mol. The number of carbonyl (C=O) groups excluding carboxylic acids is 1. The van der Waals surface area contributed by atoms with Crippen molar-refractivity contribution >= 4 is 23.4 Å². The Hall–Kier alpha value is -2.65. The number of ether oxygens (including phenoxy) is 2. The first-order chi connectivity index (χ1) is 11.7. The van der Waals surface area contributed by atoms with Gasteiger partial charge in [-0.3, -0.25) is 4.79 Å². The molecule has 0 unspecified atom stereocenters. The van der Waals surface area contributed by atoms with E-state index in [-0.39, 0.29) is 5.91 Å². The molecule has 0 heterocycles. The summed E-state index contributed by atoms with van der Waals surface area (Å²) >= 11 is 1.49. The number of nitriles is 1. The van der Waals surface area contributed by atoms with Crippen molar-refractivity contribution < 1.29 is 14.3 Å². The van der Waals surface area contributed by atoms with Gasteiger partial charge >= 0.3 is 0 Å². The zero-order valence-electron chi connectivity index (χ0n) is 13.5. The highest BCUT2D eigenvalue weighted by Crippen LogP contribution is 2.29. The Balaban J connectivity index is 1.88. The lowest BCUT2D eigenvalue weighted by Gasteiger charge is -2.11. The molecule has 0 atom stereocenters. The van der Waals surface area contributed by atoms with Gasteiger partial charge in [0.25, 0.3) is 0 Å². The van der Waals surface area contributed by atoms with Crippen LogP contribution in [0.4, 0.5) is 5.69 Å². The number of rotatable bonds is 7. The highest BCUT2D eigenvalue weighted by atomic mass is 32.2. The second-order valence-electron chi connectivity index (χ2n) is 4.92. The molecule has 0 spiro atoms. The fourth-order valence-corrected chi connectivity index (χ4v) is 2.86. The summed E-state index contributed by atoms with van der Waals surface area (Å²) in [4.78, 5) is 12.1. The largest absolute Gasteiger partial charge is 0.497 e. The summed E-state index contributed by atoms with van der Waals surface area (Å²) < 4.78 is 10.4. The van der Waals surface area contributed by atoms with Gasteiger partial charge in [0.15, 0.2) is 0 Å². The molecule has 2 aromatic carbocycles. The minimum atomic E-state index is -0.111. The number of carbonyl (C=O) groups is 1. The predicted molar refractivity (Wildman–Crippen MR) is 95.5 cm³/mol. The summed E-state index contributed by atoms with van der Waals surface area (Å²) in [6.45, 7) is 0. The highest BCUT2D eigenvalue weighted by Gasteiger charge is 2.09. The summed E-state index contributed by atoms with van der Waals surface area (Å²) in [6, 6.07) is 14.7. The quantitative estimate of drug-likeness (QED) is 0.834. The lowest BCUT2D eigenvalue weighted by atomic mass is 10.2. The monoisotopic (exact) mass is 342 g/mol. The number of nitrogens with zero attached hydrogens (tertiary/aromatic N) is 1. The predicted octanol–water partition coefficient (Wildman–Crippen LogP) is 3.45. The molecule has 24 heavy (non-hydrogen) atoms. The zero-order valence-corrected chi connectivity index (χ0v) is 14.4. The van der Waals surface area contributed by atoms with Crippen molar-refractivity contribution in [1.82, 2.24) is 0 Å². The van der Waals surface area contributed by atoms with Crippen LogP contribution >= 0.6 is 11.8 Å². The number of thioether (sulfide) groups is 1. The lowest BCUT2D eigenvalue weighted by molar-refractivity contribution is -0.113. The van der Waals surface area contributed by atoms with Gasteiger partial charge in [-0.15, -0.1) is 11.8 Å². The third-order valence-corrected chi connectivity index (χ3v) is 4.24. The van der Waals surface area contributed by atoms with E-state index >= 15 is 0 Å². The first-order valence-corrected chi connectivity index (χ1v) is 8.40. The van der Waals surface area contributed by atoms with Crippen molar-refractivity contribution in [2.24, 2.45) is 0 Å². The second-order valence-corrected chi connectivity index (χ2v) is 5.90. The highest BCUT2D eigenvalue weighted by molar-refractivity contribution is 7.99. The van der Waals surface area contributed by atoms with Crippen LogP contribution in [0, 0.1) is 11.3 Å². The van der Waals surface area contributed by atoms with E-state index in [1.165, 1.54) is 11.8 Å². The molecule has 0 aliphatic carbocycles. The van der Waals surface area contributed by atoms with Gasteiger partial charge in [0.2, 0.25) is 5.91 Å². The maximum atomic E-state index is 12.1. The molecule has 0 bridgehead atoms. The zero-order chi connectivity index (χ0) is 17.4. The number of hydrogen-bond acceptors (Lipinski definition) is 5. The number of nitrogens with one attached hydrogen (secondary N) is 1. The minimum Gasteiger partial charge on any atom is -0.497 e. The van der Waals surface area contributed by atoms with E-state index in [1.807, 2.05) is 18.2 Å². The van der Waals surface area contributed by atoms with Gasteiger partial charge in [0.1, 0.15) is 11.5 Å². The second kappa shape index (κ2) is 8.85. The van der Waals surface area contributed by atoms with Crippen molar-refractivity contribution in [2.45, 2.75) is 5.75 Å². The number of amides is 1. The van der Waals surface area contributed by atoms with Crippen LogP contribution in [0.2, 0.25) is 0 Å². The van der Waals surface area contributed by atoms with Gasteiger partial charge in [-0.05, 0) is 29.8 Å². The average molecular weight is 342 g/mol. The molecule has 2 rings (SSSR count). The Bertz CT molecular complexity index is 756. The first kappa shape index (κ1) is 17.7. The van der Waals surface area contributed by atoms with Crippen LogP contribution in [-0.4, -0.2) is 25.9 Å². The number of hydrogen-bond donors (Lipinski definition) is 1. The minimum absolute atomic E-state index is 0.111. The topological polar surface area (TPSA) is 71.3 Å². The molecule has 2 aromatic rings. The molecule has 124 valence electrons. The summed E-state index contributed by atoms with van der Waals surface area (Å²) in [7, 11) is 3.12. The molecule has 0 fully saturated rings. The molecule has 0 saturated carbocycles. The normalized spacial score (nSPS) is 9.88. The molecule has 1 amide bonds. The van der Waals surface area contributed by atoms with Gasteiger partial charge in [0.05, 0.1) is 37.3 Å². The summed E-state index contributed by atoms with van der Waals surface area (Å²) in [6.07, 6.45) is 0. The van der Waals surface area contributed by atoms with Crippen LogP contribution in [-0.2, 0) is 10.5 Å². The van der Waals surface area contributed by atoms with Crippen molar-refractivity contribution in [3.8, 4) is 17.6 Å². The Kier molecular flexibility index (Phi) is 6.52. The summed E-state index contributed by atoms with van der Waals surface area (Å²) in [5.41, 5.74) is 2.25. The molecule has 0 aliphatic heterocycles. The van der Waals surface area contributed by atoms with E-state index in [1.54, 1.807) is 38.5 Å². The molecule has 0 aliphatic rings. The van der Waals surface area contributed by atoms with E-state index in [0.29, 0.717) is 34.3 Å². The lowest BCUT2D eigenvalue weighted by Crippen LogP contribution is -2.14. The van der Waals surface area contributed by atoms with Gasteiger partial charge < -0.3 is 14.8 Å². The summed E-state index contributed by atoms with van der Waals surface area (Å²) in [5, 5.41) is 11.7. The molecule has 1 N–H and O–H groups in total. The van der Waals surface area contributed by atoms with Crippen LogP contribution in [0.5, 0.6) is 11.5 Å². The SMILES string of the molecule is COc1ccc(NC(=O)CSCc2cccc(C#N)c2)c(OC)c1. The number of benzene rings is 2. The number of methoxy groups -OCH3 is 2. The standard InChI is InChI=1S/C18H18N2O3S/c1-22-15-6-7-16(17(9-15)23-2)20-18(21)12-24-11-14-5-3-4-13(8-14)10-19/h3-9H,11-12H2,1-2H3,(H,20,21). The van der Waals surface area contributed by atoms with Crippen molar-refractivity contribution in [1.29, 1.82) is 5.26 Å². The van der Waals surface area contributed by atoms with Crippen LogP contribution in [0.1, 0.15) is 11.1 Å². The number of anilines is 1. The maximum Gasteiger partial charge on any atom is 0.234 e. The smallest absolute Gasteiger partial charge is 0.234 e. The fourth-order valence-electron chi connectivity index (χ4n) is 2.08. The van der Waals surface area contributed by atoms with Crippen molar-refractivity contribution in [2.75, 3.05) is 25.3 Å². The Morgan fingerprint density at radius 2 is 2.04 bits per heavy atom. The summed E-state index contributed by atoms with van der Waals surface area (Å²) in [5.74, 6) is 2.08. The van der Waals surface area contributed by atoms with Crippen LogP contribution in [0.3, 0.4) is 0 Å². The molecule has 6 heteroatoms. The molecular formula is C18H18N2O3S. The van der Waals surface area contributed by atoms with Crippen molar-refractivity contribution in [3.05, 3.63) is 53.6 Å². The third kappa shape index (κ3) is 4.93.